The molecule has 2 aromatic rings. The fourth-order valence-corrected chi connectivity index (χ4v) is 4.31. The van der Waals surface area contributed by atoms with Gasteiger partial charge in [0.1, 0.15) is 17.9 Å². The molecule has 0 spiro atoms. The summed E-state index contributed by atoms with van der Waals surface area (Å²) in [4.78, 5) is 12.0. The normalized spacial score (nSPS) is 17.1. The van der Waals surface area contributed by atoms with E-state index < -0.39 is 17.7 Å². The Morgan fingerprint density at radius 3 is 2.50 bits per heavy atom. The van der Waals surface area contributed by atoms with Gasteiger partial charge in [0, 0.05) is 0 Å². The van der Waals surface area contributed by atoms with E-state index in [0.717, 1.165) is 38.5 Å². The van der Waals surface area contributed by atoms with Crippen molar-refractivity contribution in [2.24, 2.45) is 11.3 Å². The molecule has 28 heavy (non-hydrogen) atoms. The van der Waals surface area contributed by atoms with Gasteiger partial charge in [-0.2, -0.15) is 0 Å². The van der Waals surface area contributed by atoms with Crippen molar-refractivity contribution in [1.29, 1.82) is 0 Å². The monoisotopic (exact) mass is 382 g/mol. The summed E-state index contributed by atoms with van der Waals surface area (Å²) in [5.41, 5.74) is 0.341. The number of ether oxygens (including phenoxy) is 2. The number of unbranched alkanes of at least 4 members (excludes halogenated alkanes) is 2. The van der Waals surface area contributed by atoms with Gasteiger partial charge in [0.05, 0.1) is 0 Å². The largest absolute Gasteiger partial charge is 0.481 e. The molecule has 0 aromatic heterocycles. The lowest BCUT2D eigenvalue weighted by molar-refractivity contribution is -0.184. The van der Waals surface area contributed by atoms with E-state index in [1.54, 1.807) is 6.92 Å². The predicted octanol–water partition coefficient (Wildman–Crippen LogP) is 5.90. The first-order valence-electron chi connectivity index (χ1n) is 10.2. The van der Waals surface area contributed by atoms with Gasteiger partial charge in [-0.1, -0.05) is 68.7 Å². The Morgan fingerprint density at radius 2 is 1.79 bits per heavy atom. The first-order chi connectivity index (χ1) is 13.6. The molecule has 2 unspecified atom stereocenters. The van der Waals surface area contributed by atoms with Crippen molar-refractivity contribution in [2.75, 3.05) is 0 Å². The molecular formula is C24H30O4. The van der Waals surface area contributed by atoms with Crippen molar-refractivity contribution in [1.82, 2.24) is 0 Å². The van der Waals surface area contributed by atoms with Gasteiger partial charge in [-0.25, -0.2) is 0 Å². The van der Waals surface area contributed by atoms with Gasteiger partial charge in [-0.05, 0) is 48.4 Å². The number of aryl methyl sites for hydroxylation is 1. The van der Waals surface area contributed by atoms with Gasteiger partial charge in [0.15, 0.2) is 0 Å². The third-order valence-electron chi connectivity index (χ3n) is 6.13. The van der Waals surface area contributed by atoms with Gasteiger partial charge in [-0.15, -0.1) is 0 Å². The predicted molar refractivity (Wildman–Crippen MR) is 111 cm³/mol. The molecule has 0 saturated heterocycles. The zero-order valence-corrected chi connectivity index (χ0v) is 16.8. The van der Waals surface area contributed by atoms with Crippen LogP contribution in [0.15, 0.2) is 55.0 Å². The van der Waals surface area contributed by atoms with E-state index in [2.05, 4.69) is 42.5 Å². The molecule has 0 aliphatic carbocycles. The molecule has 0 amide bonds. The van der Waals surface area contributed by atoms with E-state index in [9.17, 15) is 9.90 Å². The molecule has 2 aromatic carbocycles. The highest BCUT2D eigenvalue weighted by atomic mass is 16.7. The molecule has 1 aliphatic rings. The number of aliphatic carboxylic acids is 1. The molecule has 3 rings (SSSR count). The van der Waals surface area contributed by atoms with Gasteiger partial charge < -0.3 is 14.6 Å². The Kier molecular flexibility index (Phi) is 6.61. The van der Waals surface area contributed by atoms with Crippen LogP contribution in [0.2, 0.25) is 0 Å². The molecule has 4 nitrogen and oxygen atoms in total. The molecule has 150 valence electrons. The molecule has 1 aliphatic heterocycles. The first kappa shape index (κ1) is 20.2. The molecule has 4 heteroatoms. The number of hydrogen-bond acceptors (Lipinski definition) is 3. The maximum Gasteiger partial charge on any atom is 0.317 e. The van der Waals surface area contributed by atoms with Crippen molar-refractivity contribution < 1.29 is 19.4 Å². The van der Waals surface area contributed by atoms with Gasteiger partial charge in [0.2, 0.25) is 0 Å². The fourth-order valence-electron chi connectivity index (χ4n) is 4.31. The number of carbonyl (C=O) groups is 1. The van der Waals surface area contributed by atoms with E-state index in [4.69, 9.17) is 9.47 Å². The van der Waals surface area contributed by atoms with Crippen molar-refractivity contribution >= 4 is 16.7 Å². The van der Waals surface area contributed by atoms with Gasteiger partial charge >= 0.3 is 5.97 Å². The number of carboxylic acids is 1. The lowest BCUT2D eigenvalue weighted by atomic mass is 9.72. The Labute approximate surface area is 167 Å². The van der Waals surface area contributed by atoms with Crippen LogP contribution in [-0.4, -0.2) is 17.4 Å². The summed E-state index contributed by atoms with van der Waals surface area (Å²) in [6, 6.07) is 15.0. The van der Waals surface area contributed by atoms with E-state index in [0.29, 0.717) is 0 Å². The Bertz CT molecular complexity index is 815. The number of carboxylic acid groups (broad SMARTS) is 1. The highest BCUT2D eigenvalue weighted by molar-refractivity contribution is 5.85. The topological polar surface area (TPSA) is 55.8 Å². The van der Waals surface area contributed by atoms with Crippen LogP contribution in [0.4, 0.5) is 0 Å². The van der Waals surface area contributed by atoms with Crippen molar-refractivity contribution in [3.05, 3.63) is 60.6 Å². The highest BCUT2D eigenvalue weighted by Gasteiger charge is 2.50. The standard InChI is InChI=1S/C24H30O4/c1-3-20(24(2,22(25)26)23-27-16-17-28-23)14-6-4-5-10-18-12-9-13-19-11-7-8-15-21(18)19/h7-9,11-13,15-17,20,23H,3-6,10,14H2,1-2H3,(H,25,26). The van der Waals surface area contributed by atoms with Crippen molar-refractivity contribution in [2.45, 2.75) is 58.7 Å². The van der Waals surface area contributed by atoms with Crippen molar-refractivity contribution in [3.63, 3.8) is 0 Å². The minimum atomic E-state index is -1.05. The quantitative estimate of drug-likeness (QED) is 0.520. The minimum Gasteiger partial charge on any atom is -0.481 e. The summed E-state index contributed by atoms with van der Waals surface area (Å²) in [5, 5.41) is 12.5. The van der Waals surface area contributed by atoms with E-state index in [1.165, 1.54) is 28.9 Å². The van der Waals surface area contributed by atoms with Crippen LogP contribution >= 0.6 is 0 Å². The maximum atomic E-state index is 12.0. The number of hydrogen-bond donors (Lipinski definition) is 1. The van der Waals surface area contributed by atoms with Crippen LogP contribution in [0.25, 0.3) is 10.8 Å². The van der Waals surface area contributed by atoms with E-state index in [-0.39, 0.29) is 5.92 Å². The third-order valence-corrected chi connectivity index (χ3v) is 6.13. The molecule has 0 fully saturated rings. The maximum absolute atomic E-state index is 12.0. The smallest absolute Gasteiger partial charge is 0.317 e. The molecule has 2 atom stereocenters. The molecule has 1 heterocycles. The summed E-state index contributed by atoms with van der Waals surface area (Å²) in [6.07, 6.45) is 8.01. The molecule has 0 bridgehead atoms. The Balaban J connectivity index is 1.53. The Morgan fingerprint density at radius 1 is 1.07 bits per heavy atom. The molecule has 0 radical (unpaired) electrons. The van der Waals surface area contributed by atoms with Gasteiger partial charge in [-0.3, -0.25) is 4.79 Å². The number of fused-ring (bicyclic) bond motifs is 1. The van der Waals surface area contributed by atoms with Crippen LogP contribution < -0.4 is 0 Å². The van der Waals surface area contributed by atoms with Crippen LogP contribution in [0.3, 0.4) is 0 Å². The van der Waals surface area contributed by atoms with Crippen molar-refractivity contribution in [3.8, 4) is 0 Å². The lowest BCUT2D eigenvalue weighted by Gasteiger charge is -2.36. The minimum absolute atomic E-state index is 0.00690. The zero-order chi connectivity index (χ0) is 20.0. The summed E-state index contributed by atoms with van der Waals surface area (Å²) in [7, 11) is 0. The summed E-state index contributed by atoms with van der Waals surface area (Å²) >= 11 is 0. The fraction of sp³-hybridized carbons (Fsp3) is 0.458. The van der Waals surface area contributed by atoms with E-state index >= 15 is 0 Å². The van der Waals surface area contributed by atoms with Crippen LogP contribution in [-0.2, 0) is 20.7 Å². The molecular weight excluding hydrogens is 352 g/mol. The highest BCUT2D eigenvalue weighted by Crippen LogP contribution is 2.41. The second-order valence-electron chi connectivity index (χ2n) is 7.81. The zero-order valence-electron chi connectivity index (χ0n) is 16.8. The summed E-state index contributed by atoms with van der Waals surface area (Å²) in [6.45, 7) is 3.79. The van der Waals surface area contributed by atoms with Crippen LogP contribution in [0.1, 0.15) is 51.5 Å². The first-order valence-corrected chi connectivity index (χ1v) is 10.2. The van der Waals surface area contributed by atoms with Gasteiger partial charge in [0.25, 0.3) is 6.29 Å². The second-order valence-corrected chi connectivity index (χ2v) is 7.81. The summed E-state index contributed by atoms with van der Waals surface area (Å²) < 4.78 is 10.8. The third kappa shape index (κ3) is 4.16. The van der Waals surface area contributed by atoms with Crippen LogP contribution in [0.5, 0.6) is 0 Å². The average Bonchev–Trinajstić information content (AvgIpc) is 3.25. The number of rotatable bonds is 10. The molecule has 0 saturated carbocycles. The summed E-state index contributed by atoms with van der Waals surface area (Å²) in [5.74, 6) is -0.851. The SMILES string of the molecule is CCC(CCCCCc1cccc2ccccc12)C(C)(C(=O)O)C1OC=CO1. The number of benzene rings is 2. The lowest BCUT2D eigenvalue weighted by Crippen LogP contribution is -2.46. The molecule has 1 N–H and O–H groups in total. The Hall–Kier alpha value is -2.49. The average molecular weight is 383 g/mol. The second kappa shape index (κ2) is 9.13. The van der Waals surface area contributed by atoms with Crippen LogP contribution in [0, 0.1) is 11.3 Å². The van der Waals surface area contributed by atoms with E-state index in [1.807, 2.05) is 6.92 Å².